The second-order valence-electron chi connectivity index (χ2n) is 7.54. The molecule has 1 aliphatic carbocycles. The fourth-order valence-electron chi connectivity index (χ4n) is 4.08. The van der Waals surface area contributed by atoms with E-state index in [1.54, 1.807) is 12.1 Å². The first-order valence-corrected chi connectivity index (χ1v) is 9.90. The maximum Gasteiger partial charge on any atom is 0.339 e. The van der Waals surface area contributed by atoms with Gasteiger partial charge in [-0.2, -0.15) is 0 Å². The van der Waals surface area contributed by atoms with Gasteiger partial charge in [-0.15, -0.1) is 0 Å². The minimum Gasteiger partial charge on any atom is -0.454 e. The molecular weight excluding hydrogens is 338 g/mol. The lowest BCUT2D eigenvalue weighted by molar-refractivity contribution is 0.0252. The molecule has 0 unspecified atom stereocenters. The Bertz CT molecular complexity index is 823. The third-order valence-corrected chi connectivity index (χ3v) is 5.60. The van der Waals surface area contributed by atoms with E-state index < -0.39 is 0 Å². The molecule has 2 aromatic rings. The predicted molar refractivity (Wildman–Crippen MR) is 104 cm³/mol. The molecular formula is C23H25NO3. The molecule has 140 valence electrons. The molecule has 0 saturated heterocycles. The average molecular weight is 363 g/mol. The Balaban J connectivity index is 1.52. The molecule has 4 heteroatoms. The largest absolute Gasteiger partial charge is 0.454 e. The molecule has 2 aliphatic rings. The number of cyclic esters (lactones) is 1. The Labute approximate surface area is 159 Å². The number of nitrogens with one attached hydrogen (secondary N) is 1. The van der Waals surface area contributed by atoms with Crippen LogP contribution in [0.2, 0.25) is 0 Å². The second kappa shape index (κ2) is 7.95. The summed E-state index contributed by atoms with van der Waals surface area (Å²) in [6.45, 7) is 0. The summed E-state index contributed by atoms with van der Waals surface area (Å²) < 4.78 is 5.60. The Morgan fingerprint density at radius 3 is 2.44 bits per heavy atom. The summed E-state index contributed by atoms with van der Waals surface area (Å²) in [4.78, 5) is 25.1. The summed E-state index contributed by atoms with van der Waals surface area (Å²) in [5, 5.41) is 3.18. The molecule has 2 aromatic carbocycles. The molecule has 0 bridgehead atoms. The van der Waals surface area contributed by atoms with E-state index in [9.17, 15) is 9.59 Å². The molecule has 0 aromatic heterocycles. The van der Waals surface area contributed by atoms with Crippen molar-refractivity contribution < 1.29 is 14.3 Å². The summed E-state index contributed by atoms with van der Waals surface area (Å²) in [7, 11) is 0. The van der Waals surface area contributed by atoms with E-state index in [0.717, 1.165) is 24.0 Å². The molecule has 1 amide bonds. The fraction of sp³-hybridized carbons (Fsp3) is 0.391. The van der Waals surface area contributed by atoms with Gasteiger partial charge >= 0.3 is 5.97 Å². The minimum absolute atomic E-state index is 0.0418. The zero-order chi connectivity index (χ0) is 18.6. The number of carbonyl (C=O) groups excluding carboxylic acids is 2. The van der Waals surface area contributed by atoms with Crippen molar-refractivity contribution in [1.29, 1.82) is 0 Å². The molecule has 1 N–H and O–H groups in total. The van der Waals surface area contributed by atoms with Gasteiger partial charge in [-0.3, -0.25) is 4.79 Å². The molecule has 1 aliphatic heterocycles. The van der Waals surface area contributed by atoms with Crippen LogP contribution in [0, 0.1) is 0 Å². The monoisotopic (exact) mass is 363 g/mol. The Kier molecular flexibility index (Phi) is 5.23. The van der Waals surface area contributed by atoms with Gasteiger partial charge in [0.1, 0.15) is 6.10 Å². The summed E-state index contributed by atoms with van der Waals surface area (Å²) in [5.74, 6) is -0.360. The molecule has 0 radical (unpaired) electrons. The first kappa shape index (κ1) is 17.8. The van der Waals surface area contributed by atoms with Crippen LogP contribution < -0.4 is 5.32 Å². The zero-order valence-corrected chi connectivity index (χ0v) is 15.4. The second-order valence-corrected chi connectivity index (χ2v) is 7.54. The van der Waals surface area contributed by atoms with Crippen molar-refractivity contribution in [3.05, 3.63) is 70.8 Å². The number of carbonyl (C=O) groups is 2. The normalized spacial score (nSPS) is 20.3. The average Bonchev–Trinajstić information content (AvgIpc) is 2.97. The van der Waals surface area contributed by atoms with Crippen LogP contribution >= 0.6 is 0 Å². The van der Waals surface area contributed by atoms with Crippen molar-refractivity contribution in [2.45, 2.75) is 57.1 Å². The van der Waals surface area contributed by atoms with Crippen molar-refractivity contribution >= 4 is 11.9 Å². The lowest BCUT2D eigenvalue weighted by Crippen LogP contribution is -2.34. The molecule has 1 saturated carbocycles. The zero-order valence-electron chi connectivity index (χ0n) is 15.4. The van der Waals surface area contributed by atoms with Crippen molar-refractivity contribution in [2.75, 3.05) is 0 Å². The third-order valence-electron chi connectivity index (χ3n) is 5.60. The van der Waals surface area contributed by atoms with Crippen LogP contribution in [0.15, 0.2) is 48.5 Å². The van der Waals surface area contributed by atoms with Gasteiger partial charge in [0, 0.05) is 18.0 Å². The number of benzene rings is 2. The smallest absolute Gasteiger partial charge is 0.339 e. The molecule has 4 nitrogen and oxygen atoms in total. The van der Waals surface area contributed by atoms with Crippen LogP contribution in [-0.2, 0) is 11.2 Å². The minimum atomic E-state index is -0.319. The van der Waals surface area contributed by atoms with Gasteiger partial charge in [0.15, 0.2) is 0 Å². The van der Waals surface area contributed by atoms with Crippen molar-refractivity contribution in [1.82, 2.24) is 5.32 Å². The number of ether oxygens (including phenoxy) is 1. The van der Waals surface area contributed by atoms with Gasteiger partial charge in [0.2, 0.25) is 0 Å². The van der Waals surface area contributed by atoms with Gasteiger partial charge in [-0.25, -0.2) is 4.79 Å². The van der Waals surface area contributed by atoms with E-state index in [0.29, 0.717) is 17.5 Å². The first-order valence-electron chi connectivity index (χ1n) is 9.90. The van der Waals surface area contributed by atoms with Gasteiger partial charge < -0.3 is 10.1 Å². The number of fused-ring (bicyclic) bond motifs is 1. The number of rotatable bonds is 3. The Morgan fingerprint density at radius 2 is 1.70 bits per heavy atom. The summed E-state index contributed by atoms with van der Waals surface area (Å²) in [5.41, 5.74) is 3.05. The Hall–Kier alpha value is -2.62. The fourth-order valence-corrected chi connectivity index (χ4v) is 4.08. The van der Waals surface area contributed by atoms with E-state index in [1.807, 2.05) is 36.4 Å². The highest BCUT2D eigenvalue weighted by Crippen LogP contribution is 2.31. The summed E-state index contributed by atoms with van der Waals surface area (Å²) >= 11 is 0. The lowest BCUT2D eigenvalue weighted by Gasteiger charge is -2.25. The maximum atomic E-state index is 12.7. The van der Waals surface area contributed by atoms with Crippen molar-refractivity contribution in [3.8, 4) is 0 Å². The predicted octanol–water partition coefficient (Wildman–Crippen LogP) is 4.59. The van der Waals surface area contributed by atoms with Crippen LogP contribution in [0.3, 0.4) is 0 Å². The summed E-state index contributed by atoms with van der Waals surface area (Å²) in [6, 6.07) is 15.3. The van der Waals surface area contributed by atoms with Crippen LogP contribution in [0.25, 0.3) is 0 Å². The van der Waals surface area contributed by atoms with E-state index in [1.165, 1.54) is 25.7 Å². The van der Waals surface area contributed by atoms with Crippen molar-refractivity contribution in [2.24, 2.45) is 0 Å². The third kappa shape index (κ3) is 4.05. The van der Waals surface area contributed by atoms with Crippen LogP contribution in [0.1, 0.15) is 76.5 Å². The van der Waals surface area contributed by atoms with Crippen LogP contribution in [0.4, 0.5) is 0 Å². The van der Waals surface area contributed by atoms with Gasteiger partial charge in [0.05, 0.1) is 5.56 Å². The molecule has 27 heavy (non-hydrogen) atoms. The Morgan fingerprint density at radius 1 is 0.963 bits per heavy atom. The van der Waals surface area contributed by atoms with Crippen LogP contribution in [-0.4, -0.2) is 17.9 Å². The molecule has 1 fully saturated rings. The lowest BCUT2D eigenvalue weighted by atomic mass is 9.93. The SMILES string of the molecule is O=C(NC1CCCCCC1)c1ccc2c(c1)C[C@H](c1ccccc1)OC2=O. The number of hydrogen-bond donors (Lipinski definition) is 1. The van der Waals surface area contributed by atoms with E-state index >= 15 is 0 Å². The highest BCUT2D eigenvalue weighted by Gasteiger charge is 2.28. The van der Waals surface area contributed by atoms with Crippen molar-refractivity contribution in [3.63, 3.8) is 0 Å². The molecule has 1 atom stereocenters. The number of hydrogen-bond acceptors (Lipinski definition) is 3. The quantitative estimate of drug-likeness (QED) is 0.641. The first-order chi connectivity index (χ1) is 13.2. The molecule has 1 heterocycles. The van der Waals surface area contributed by atoms with E-state index in [2.05, 4.69) is 5.32 Å². The number of esters is 1. The number of amides is 1. The topological polar surface area (TPSA) is 55.4 Å². The van der Waals surface area contributed by atoms with E-state index in [-0.39, 0.29) is 24.0 Å². The van der Waals surface area contributed by atoms with E-state index in [4.69, 9.17) is 4.74 Å². The maximum absolute atomic E-state index is 12.7. The molecule has 4 rings (SSSR count). The molecule has 0 spiro atoms. The summed E-state index contributed by atoms with van der Waals surface area (Å²) in [6.07, 6.45) is 7.28. The van der Waals surface area contributed by atoms with Crippen LogP contribution in [0.5, 0.6) is 0 Å². The van der Waals surface area contributed by atoms with Gasteiger partial charge in [-0.1, -0.05) is 56.0 Å². The highest BCUT2D eigenvalue weighted by molar-refractivity contribution is 5.97. The van der Waals surface area contributed by atoms with Gasteiger partial charge in [0.25, 0.3) is 5.91 Å². The van der Waals surface area contributed by atoms with Gasteiger partial charge in [-0.05, 0) is 42.2 Å². The standard InChI is InChI=1S/C23H25NO3/c25-22(24-19-10-6-1-2-7-11-19)17-12-13-20-18(14-17)15-21(27-23(20)26)16-8-4-3-5-9-16/h3-5,8-9,12-14,19,21H,1-2,6-7,10-11,15H2,(H,24,25)/t21-/m1/s1. The highest BCUT2D eigenvalue weighted by atomic mass is 16.5.